The van der Waals surface area contributed by atoms with Crippen molar-refractivity contribution >= 4 is 43.8 Å². The first kappa shape index (κ1) is 19.3. The monoisotopic (exact) mass is 406 g/mol. The summed E-state index contributed by atoms with van der Waals surface area (Å²) in [6.07, 6.45) is 0.931. The molecule has 0 radical (unpaired) electrons. The molecule has 29 heavy (non-hydrogen) atoms. The summed E-state index contributed by atoms with van der Waals surface area (Å²) < 4.78 is 2.76. The molecule has 0 amide bonds. The number of hydrogen-bond donors (Lipinski definition) is 1. The van der Waals surface area contributed by atoms with Gasteiger partial charge in [-0.3, -0.25) is 8.75 Å². The van der Waals surface area contributed by atoms with E-state index >= 15 is 0 Å². The molecule has 148 valence electrons. The Balaban J connectivity index is 1.63. The molecule has 1 heterocycles. The molecule has 1 N–H and O–H groups in total. The van der Waals surface area contributed by atoms with E-state index in [4.69, 9.17) is 0 Å². The molecule has 0 atom stereocenters. The largest absolute Gasteiger partial charge is 0.507 e. The van der Waals surface area contributed by atoms with Gasteiger partial charge in [-0.1, -0.05) is 35.8 Å². The Hall–Kier alpha value is -3.03. The molecule has 0 aliphatic rings. The fourth-order valence-corrected chi connectivity index (χ4v) is 4.28. The number of aryl methyl sites for hydroxylation is 1. The Kier molecular flexibility index (Phi) is 5.42. The number of phenolic OH excluding ortho intramolecular Hbond substituents is 1. The van der Waals surface area contributed by atoms with E-state index in [2.05, 4.69) is 15.1 Å². The van der Waals surface area contributed by atoms with Crippen molar-refractivity contribution in [3.05, 3.63) is 65.0 Å². The van der Waals surface area contributed by atoms with Crippen LogP contribution in [0.25, 0.3) is 20.9 Å². The highest BCUT2D eigenvalue weighted by Gasteiger charge is 2.09. The second-order valence-electron chi connectivity index (χ2n) is 7.19. The van der Waals surface area contributed by atoms with Crippen LogP contribution < -0.4 is 5.56 Å². The van der Waals surface area contributed by atoms with Crippen molar-refractivity contribution in [3.63, 3.8) is 0 Å². The van der Waals surface area contributed by atoms with Gasteiger partial charge in [-0.25, -0.2) is 0 Å². The van der Waals surface area contributed by atoms with Gasteiger partial charge in [0.1, 0.15) is 5.75 Å². The molecule has 0 aliphatic carbocycles. The van der Waals surface area contributed by atoms with Crippen LogP contribution in [0, 0.1) is 0 Å². The van der Waals surface area contributed by atoms with E-state index in [1.807, 2.05) is 54.5 Å². The van der Waals surface area contributed by atoms with Crippen molar-refractivity contribution in [2.45, 2.75) is 13.0 Å². The van der Waals surface area contributed by atoms with Gasteiger partial charge in [-0.05, 0) is 57.4 Å². The van der Waals surface area contributed by atoms with E-state index in [1.165, 1.54) is 11.5 Å². The van der Waals surface area contributed by atoms with Gasteiger partial charge in [0.2, 0.25) is 0 Å². The highest BCUT2D eigenvalue weighted by atomic mass is 32.1. The molecule has 4 aromatic rings. The van der Waals surface area contributed by atoms with Crippen LogP contribution in [0.5, 0.6) is 5.75 Å². The SMILES string of the molecule is CN(C)CCCn1sc2ccc(N=Nc3ccc(O)c4ccccc34)cc2c1=O. The number of nitrogens with zero attached hydrogens (tertiary/aromatic N) is 4. The van der Waals surface area contributed by atoms with E-state index in [0.717, 1.165) is 28.4 Å². The normalized spacial score (nSPS) is 12.0. The topological polar surface area (TPSA) is 70.2 Å². The molecule has 0 fully saturated rings. The minimum absolute atomic E-state index is 0.0240. The molecule has 0 unspecified atom stereocenters. The lowest BCUT2D eigenvalue weighted by Crippen LogP contribution is -2.18. The Bertz CT molecular complexity index is 1260. The summed E-state index contributed by atoms with van der Waals surface area (Å²) in [6.45, 7) is 1.66. The number of rotatable bonds is 6. The van der Waals surface area contributed by atoms with Gasteiger partial charge in [0, 0.05) is 17.3 Å². The molecular formula is C22H22N4O2S. The summed E-state index contributed by atoms with van der Waals surface area (Å²) >= 11 is 1.49. The molecule has 4 rings (SSSR count). The Morgan fingerprint density at radius 2 is 1.79 bits per heavy atom. The zero-order chi connectivity index (χ0) is 20.4. The van der Waals surface area contributed by atoms with E-state index in [1.54, 1.807) is 18.2 Å². The van der Waals surface area contributed by atoms with Gasteiger partial charge in [0.05, 0.1) is 21.5 Å². The van der Waals surface area contributed by atoms with E-state index < -0.39 is 0 Å². The molecule has 0 aliphatic heterocycles. The summed E-state index contributed by atoms with van der Waals surface area (Å²) in [5.74, 6) is 0.217. The van der Waals surface area contributed by atoms with Gasteiger partial charge >= 0.3 is 0 Å². The van der Waals surface area contributed by atoms with Crippen LogP contribution in [0.1, 0.15) is 6.42 Å². The van der Waals surface area contributed by atoms with Gasteiger partial charge < -0.3 is 10.0 Å². The maximum absolute atomic E-state index is 12.7. The summed E-state index contributed by atoms with van der Waals surface area (Å²) in [7, 11) is 4.06. The van der Waals surface area contributed by atoms with Gasteiger partial charge in [0.25, 0.3) is 5.56 Å². The lowest BCUT2D eigenvalue weighted by atomic mass is 10.1. The van der Waals surface area contributed by atoms with Crippen LogP contribution in [-0.2, 0) is 6.54 Å². The van der Waals surface area contributed by atoms with E-state index in [9.17, 15) is 9.90 Å². The van der Waals surface area contributed by atoms with Crippen molar-refractivity contribution < 1.29 is 5.11 Å². The zero-order valence-electron chi connectivity index (χ0n) is 16.4. The molecule has 0 saturated carbocycles. The Morgan fingerprint density at radius 3 is 2.59 bits per heavy atom. The highest BCUT2D eigenvalue weighted by molar-refractivity contribution is 7.13. The maximum atomic E-state index is 12.7. The number of phenols is 1. The number of benzene rings is 3. The second-order valence-corrected chi connectivity index (χ2v) is 8.25. The third-order valence-corrected chi connectivity index (χ3v) is 5.87. The number of azo groups is 1. The lowest BCUT2D eigenvalue weighted by Gasteiger charge is -2.08. The minimum atomic E-state index is 0.0240. The molecule has 3 aromatic carbocycles. The predicted molar refractivity (Wildman–Crippen MR) is 119 cm³/mol. The van der Waals surface area contributed by atoms with Crippen LogP contribution in [0.15, 0.2) is 69.6 Å². The summed E-state index contributed by atoms with van der Waals surface area (Å²) in [4.78, 5) is 14.8. The lowest BCUT2D eigenvalue weighted by molar-refractivity contribution is 0.389. The molecule has 0 saturated heterocycles. The van der Waals surface area contributed by atoms with E-state index in [-0.39, 0.29) is 11.3 Å². The second kappa shape index (κ2) is 8.14. The van der Waals surface area contributed by atoms with Crippen LogP contribution >= 0.6 is 11.5 Å². The van der Waals surface area contributed by atoms with Crippen molar-refractivity contribution in [3.8, 4) is 5.75 Å². The smallest absolute Gasteiger partial charge is 0.268 e. The third-order valence-electron chi connectivity index (χ3n) is 4.75. The number of aromatic hydroxyl groups is 1. The molecule has 6 nitrogen and oxygen atoms in total. The van der Waals surface area contributed by atoms with Gasteiger partial charge in [-0.15, -0.1) is 5.11 Å². The predicted octanol–water partition coefficient (Wildman–Crippen LogP) is 5.29. The summed E-state index contributed by atoms with van der Waals surface area (Å²) in [5.41, 5.74) is 1.32. The number of fused-ring (bicyclic) bond motifs is 2. The molecular weight excluding hydrogens is 384 g/mol. The van der Waals surface area contributed by atoms with E-state index in [0.29, 0.717) is 23.3 Å². The zero-order valence-corrected chi connectivity index (χ0v) is 17.2. The fraction of sp³-hybridized carbons (Fsp3) is 0.227. The first-order valence-corrected chi connectivity index (χ1v) is 10.2. The maximum Gasteiger partial charge on any atom is 0.268 e. The van der Waals surface area contributed by atoms with Crippen LogP contribution in [0.3, 0.4) is 0 Å². The molecule has 0 spiro atoms. The molecule has 0 bridgehead atoms. The third kappa shape index (κ3) is 4.06. The highest BCUT2D eigenvalue weighted by Crippen LogP contribution is 2.33. The summed E-state index contributed by atoms with van der Waals surface area (Å²) in [5, 5.41) is 20.9. The Labute approximate surface area is 172 Å². The van der Waals surface area contributed by atoms with Gasteiger partial charge in [-0.2, -0.15) is 5.11 Å². The number of hydrogen-bond acceptors (Lipinski definition) is 6. The number of aromatic nitrogens is 1. The molecule has 7 heteroatoms. The van der Waals surface area contributed by atoms with Crippen LogP contribution in [0.2, 0.25) is 0 Å². The van der Waals surface area contributed by atoms with Crippen LogP contribution in [0.4, 0.5) is 11.4 Å². The first-order valence-electron chi connectivity index (χ1n) is 9.44. The Morgan fingerprint density at radius 1 is 1.00 bits per heavy atom. The average Bonchev–Trinajstić information content (AvgIpc) is 3.03. The quantitative estimate of drug-likeness (QED) is 0.442. The fourth-order valence-electron chi connectivity index (χ4n) is 3.27. The van der Waals surface area contributed by atoms with Crippen LogP contribution in [-0.4, -0.2) is 34.6 Å². The van der Waals surface area contributed by atoms with Crippen molar-refractivity contribution in [1.29, 1.82) is 0 Å². The van der Waals surface area contributed by atoms with Crippen molar-refractivity contribution in [1.82, 2.24) is 8.86 Å². The van der Waals surface area contributed by atoms with Crippen molar-refractivity contribution in [2.24, 2.45) is 10.2 Å². The molecule has 1 aromatic heterocycles. The standard InChI is InChI=1S/C22H22N4O2S/c1-25(2)12-5-13-26-22(28)18-14-15(8-11-21(18)29-26)23-24-19-9-10-20(27)17-7-4-3-6-16(17)19/h3-4,6-11,14,27H,5,12-13H2,1-2H3. The first-order chi connectivity index (χ1) is 14.0. The minimum Gasteiger partial charge on any atom is -0.507 e. The van der Waals surface area contributed by atoms with Crippen molar-refractivity contribution in [2.75, 3.05) is 20.6 Å². The average molecular weight is 407 g/mol. The summed E-state index contributed by atoms with van der Waals surface area (Å²) in [6, 6.07) is 16.5. The van der Waals surface area contributed by atoms with Gasteiger partial charge in [0.15, 0.2) is 0 Å².